The highest BCUT2D eigenvalue weighted by Crippen LogP contribution is 2.32. The Balaban J connectivity index is 1.34. The van der Waals surface area contributed by atoms with E-state index in [1.165, 1.54) is 11.8 Å². The van der Waals surface area contributed by atoms with E-state index >= 15 is 0 Å². The van der Waals surface area contributed by atoms with Crippen LogP contribution in [0.5, 0.6) is 11.5 Å². The van der Waals surface area contributed by atoms with Gasteiger partial charge in [-0.15, -0.1) is 10.2 Å². The number of hydrogen-bond donors (Lipinski definition) is 2. The van der Waals surface area contributed by atoms with Gasteiger partial charge < -0.3 is 24.7 Å². The maximum atomic E-state index is 12.5. The molecule has 0 saturated heterocycles. The van der Waals surface area contributed by atoms with Crippen LogP contribution in [0, 0.1) is 13.8 Å². The summed E-state index contributed by atoms with van der Waals surface area (Å²) in [6.45, 7) is 6.94. The molecule has 1 aliphatic heterocycles. The number of ether oxygens (including phenoxy) is 2. The third kappa shape index (κ3) is 5.11. The number of carbonyl (C=O) groups is 2. The number of amides is 2. The monoisotopic (exact) mass is 467 g/mol. The van der Waals surface area contributed by atoms with Gasteiger partial charge in [0.1, 0.15) is 0 Å². The molecule has 1 aliphatic rings. The van der Waals surface area contributed by atoms with Crippen molar-refractivity contribution in [2.45, 2.75) is 39.0 Å². The second-order valence-corrected chi connectivity index (χ2v) is 8.42. The summed E-state index contributed by atoms with van der Waals surface area (Å²) in [7, 11) is 0. The Morgan fingerprint density at radius 1 is 1.12 bits per heavy atom. The second-order valence-electron chi connectivity index (χ2n) is 7.48. The summed E-state index contributed by atoms with van der Waals surface area (Å²) in [6, 6.07) is 10.9. The molecule has 3 aromatic rings. The van der Waals surface area contributed by atoms with Crippen LogP contribution in [0.15, 0.2) is 41.6 Å². The van der Waals surface area contributed by atoms with Crippen molar-refractivity contribution in [3.63, 3.8) is 0 Å². The SMILES string of the molecule is CCn1c(CNC(=O)c2ccc3c(c2)OCO3)nnc1SCC(=O)Nc1cccc(C)c1C. The van der Waals surface area contributed by atoms with Gasteiger partial charge in [0.25, 0.3) is 5.91 Å². The Bertz CT molecular complexity index is 1190. The van der Waals surface area contributed by atoms with Gasteiger partial charge in [0, 0.05) is 17.8 Å². The van der Waals surface area contributed by atoms with E-state index in [0.29, 0.717) is 34.6 Å². The molecule has 0 saturated carbocycles. The molecular formula is C23H25N5O4S. The average molecular weight is 468 g/mol. The van der Waals surface area contributed by atoms with E-state index in [1.807, 2.05) is 43.5 Å². The number of benzene rings is 2. The minimum Gasteiger partial charge on any atom is -0.454 e. The number of thioether (sulfide) groups is 1. The largest absolute Gasteiger partial charge is 0.454 e. The number of carbonyl (C=O) groups excluding carboxylic acids is 2. The third-order valence-corrected chi connectivity index (χ3v) is 6.33. The van der Waals surface area contributed by atoms with Crippen molar-refractivity contribution >= 4 is 29.3 Å². The molecule has 0 spiro atoms. The zero-order valence-corrected chi connectivity index (χ0v) is 19.5. The van der Waals surface area contributed by atoms with E-state index < -0.39 is 0 Å². The Morgan fingerprint density at radius 2 is 1.94 bits per heavy atom. The molecule has 0 aliphatic carbocycles. The molecule has 0 atom stereocenters. The lowest BCUT2D eigenvalue weighted by molar-refractivity contribution is -0.113. The van der Waals surface area contributed by atoms with Crippen LogP contribution in [-0.4, -0.2) is 39.1 Å². The fraction of sp³-hybridized carbons (Fsp3) is 0.304. The molecular weight excluding hydrogens is 442 g/mol. The van der Waals surface area contributed by atoms with Gasteiger partial charge in [-0.05, 0) is 56.2 Å². The quantitative estimate of drug-likeness (QED) is 0.490. The van der Waals surface area contributed by atoms with E-state index in [-0.39, 0.29) is 30.9 Å². The average Bonchev–Trinajstić information content (AvgIpc) is 3.44. The highest BCUT2D eigenvalue weighted by Gasteiger charge is 2.18. The molecule has 33 heavy (non-hydrogen) atoms. The number of anilines is 1. The Kier molecular flexibility index (Phi) is 6.83. The normalized spacial score (nSPS) is 12.0. The maximum absolute atomic E-state index is 12.5. The van der Waals surface area contributed by atoms with Gasteiger partial charge in [-0.25, -0.2) is 0 Å². The van der Waals surface area contributed by atoms with Crippen molar-refractivity contribution in [2.75, 3.05) is 17.9 Å². The summed E-state index contributed by atoms with van der Waals surface area (Å²) in [4.78, 5) is 25.0. The molecule has 2 N–H and O–H groups in total. The summed E-state index contributed by atoms with van der Waals surface area (Å²) >= 11 is 1.31. The zero-order chi connectivity index (χ0) is 23.4. The lowest BCUT2D eigenvalue weighted by Gasteiger charge is -2.11. The molecule has 9 nitrogen and oxygen atoms in total. The number of fused-ring (bicyclic) bond motifs is 1. The summed E-state index contributed by atoms with van der Waals surface area (Å²) < 4.78 is 12.5. The molecule has 0 unspecified atom stereocenters. The molecule has 2 aromatic carbocycles. The van der Waals surface area contributed by atoms with Crippen LogP contribution in [0.1, 0.15) is 34.2 Å². The number of nitrogens with zero attached hydrogens (tertiary/aromatic N) is 3. The standard InChI is InChI=1S/C23H25N5O4S/c1-4-28-20(11-24-22(30)16-8-9-18-19(10-16)32-13-31-18)26-27-23(28)33-12-21(29)25-17-7-5-6-14(2)15(17)3/h5-10H,4,11-13H2,1-3H3,(H,24,30)(H,25,29). The topological polar surface area (TPSA) is 107 Å². The molecule has 0 bridgehead atoms. The van der Waals surface area contributed by atoms with Crippen LogP contribution in [0.25, 0.3) is 0 Å². The number of aryl methyl sites for hydroxylation is 1. The van der Waals surface area contributed by atoms with Gasteiger partial charge in [0.2, 0.25) is 12.7 Å². The summed E-state index contributed by atoms with van der Waals surface area (Å²) in [5.74, 6) is 1.63. The van der Waals surface area contributed by atoms with Gasteiger partial charge in [0.15, 0.2) is 22.5 Å². The Labute approximate surface area is 195 Å². The first-order chi connectivity index (χ1) is 16.0. The third-order valence-electron chi connectivity index (χ3n) is 5.36. The predicted octanol–water partition coefficient (Wildman–Crippen LogP) is 3.30. The van der Waals surface area contributed by atoms with Crippen molar-refractivity contribution in [1.82, 2.24) is 20.1 Å². The van der Waals surface area contributed by atoms with Crippen molar-refractivity contribution in [3.8, 4) is 11.5 Å². The first-order valence-electron chi connectivity index (χ1n) is 10.5. The van der Waals surface area contributed by atoms with Crippen molar-refractivity contribution in [1.29, 1.82) is 0 Å². The summed E-state index contributed by atoms with van der Waals surface area (Å²) in [5, 5.41) is 14.8. The molecule has 4 rings (SSSR count). The van der Waals surface area contributed by atoms with E-state index in [9.17, 15) is 9.59 Å². The fourth-order valence-electron chi connectivity index (χ4n) is 3.38. The number of hydrogen-bond acceptors (Lipinski definition) is 7. The predicted molar refractivity (Wildman–Crippen MR) is 125 cm³/mol. The van der Waals surface area contributed by atoms with Crippen molar-refractivity contribution in [3.05, 3.63) is 58.9 Å². The van der Waals surface area contributed by atoms with Gasteiger partial charge in [0.05, 0.1) is 12.3 Å². The van der Waals surface area contributed by atoms with E-state index in [2.05, 4.69) is 20.8 Å². The van der Waals surface area contributed by atoms with Crippen LogP contribution < -0.4 is 20.1 Å². The Morgan fingerprint density at radius 3 is 2.76 bits per heavy atom. The zero-order valence-electron chi connectivity index (χ0n) is 18.7. The summed E-state index contributed by atoms with van der Waals surface area (Å²) in [6.07, 6.45) is 0. The second kappa shape index (κ2) is 9.95. The van der Waals surface area contributed by atoms with Gasteiger partial charge in [-0.3, -0.25) is 9.59 Å². The van der Waals surface area contributed by atoms with Crippen LogP contribution in [-0.2, 0) is 17.9 Å². The van der Waals surface area contributed by atoms with Gasteiger partial charge in [-0.2, -0.15) is 0 Å². The highest BCUT2D eigenvalue weighted by atomic mass is 32.2. The molecule has 1 aromatic heterocycles. The van der Waals surface area contributed by atoms with Crippen molar-refractivity contribution < 1.29 is 19.1 Å². The van der Waals surface area contributed by atoms with Crippen LogP contribution in [0.4, 0.5) is 5.69 Å². The number of rotatable bonds is 8. The van der Waals surface area contributed by atoms with Crippen LogP contribution in [0.2, 0.25) is 0 Å². The minimum atomic E-state index is -0.249. The van der Waals surface area contributed by atoms with E-state index in [1.54, 1.807) is 18.2 Å². The number of nitrogens with one attached hydrogen (secondary N) is 2. The maximum Gasteiger partial charge on any atom is 0.251 e. The first kappa shape index (κ1) is 22.7. The lowest BCUT2D eigenvalue weighted by Crippen LogP contribution is -2.24. The molecule has 172 valence electrons. The van der Waals surface area contributed by atoms with Gasteiger partial charge >= 0.3 is 0 Å². The lowest BCUT2D eigenvalue weighted by atomic mass is 10.1. The molecule has 2 heterocycles. The molecule has 0 radical (unpaired) electrons. The molecule has 2 amide bonds. The fourth-order valence-corrected chi connectivity index (χ4v) is 4.20. The molecule has 10 heteroatoms. The van der Waals surface area contributed by atoms with Crippen LogP contribution >= 0.6 is 11.8 Å². The molecule has 0 fully saturated rings. The Hall–Kier alpha value is -3.53. The van der Waals surface area contributed by atoms with Crippen LogP contribution in [0.3, 0.4) is 0 Å². The number of aromatic nitrogens is 3. The van der Waals surface area contributed by atoms with Crippen molar-refractivity contribution in [2.24, 2.45) is 0 Å². The first-order valence-corrected chi connectivity index (χ1v) is 11.5. The van der Waals surface area contributed by atoms with E-state index in [4.69, 9.17) is 9.47 Å². The van der Waals surface area contributed by atoms with Gasteiger partial charge in [-0.1, -0.05) is 23.9 Å². The van der Waals surface area contributed by atoms with E-state index in [0.717, 1.165) is 16.8 Å². The summed E-state index contributed by atoms with van der Waals surface area (Å²) in [5.41, 5.74) is 3.45. The minimum absolute atomic E-state index is 0.114. The smallest absolute Gasteiger partial charge is 0.251 e. The highest BCUT2D eigenvalue weighted by molar-refractivity contribution is 7.99.